The average molecular weight is 207 g/mol. The summed E-state index contributed by atoms with van der Waals surface area (Å²) in [6.07, 6.45) is 0. The van der Waals surface area contributed by atoms with Crippen molar-refractivity contribution < 1.29 is 9.90 Å². The monoisotopic (exact) mass is 207 g/mol. The molecule has 3 nitrogen and oxygen atoms in total. The molecular formula is C10H9NO2S. The van der Waals surface area contributed by atoms with Crippen molar-refractivity contribution in [3.63, 3.8) is 0 Å². The van der Waals surface area contributed by atoms with Crippen molar-refractivity contribution in [3.05, 3.63) is 30.3 Å². The van der Waals surface area contributed by atoms with Gasteiger partial charge in [-0.15, -0.1) is 0 Å². The molecule has 0 saturated heterocycles. The number of aliphatic carboxylic acids is 1. The van der Waals surface area contributed by atoms with Gasteiger partial charge in [-0.2, -0.15) is 0 Å². The molecule has 0 radical (unpaired) electrons. The largest absolute Gasteiger partial charge is 0.481 e. The highest BCUT2D eigenvalue weighted by atomic mass is 32.2. The predicted octanol–water partition coefficient (Wildman–Crippen LogP) is 2.34. The summed E-state index contributed by atoms with van der Waals surface area (Å²) in [5.41, 5.74) is 1.04. The summed E-state index contributed by atoms with van der Waals surface area (Å²) in [6.45, 7) is 0. The van der Waals surface area contributed by atoms with Gasteiger partial charge < -0.3 is 10.1 Å². The van der Waals surface area contributed by atoms with Crippen molar-refractivity contribution in [2.24, 2.45) is 0 Å². The van der Waals surface area contributed by atoms with E-state index >= 15 is 0 Å². The quantitative estimate of drug-likeness (QED) is 0.759. The summed E-state index contributed by atoms with van der Waals surface area (Å²) in [5, 5.41) is 10.5. The average Bonchev–Trinajstić information content (AvgIpc) is 2.57. The highest BCUT2D eigenvalue weighted by Gasteiger charge is 2.02. The minimum Gasteiger partial charge on any atom is -0.481 e. The number of fused-ring (bicyclic) bond motifs is 1. The van der Waals surface area contributed by atoms with E-state index in [4.69, 9.17) is 5.11 Å². The first-order valence-corrected chi connectivity index (χ1v) is 5.16. The second kappa shape index (κ2) is 3.75. The lowest BCUT2D eigenvalue weighted by Crippen LogP contribution is -1.97. The number of H-pyrrole nitrogens is 1. The molecule has 0 aliphatic carbocycles. The summed E-state index contributed by atoms with van der Waals surface area (Å²) in [5.74, 6) is -0.707. The zero-order valence-electron chi connectivity index (χ0n) is 7.36. The maximum atomic E-state index is 10.4. The lowest BCUT2D eigenvalue weighted by atomic mass is 10.3. The number of benzene rings is 1. The van der Waals surface area contributed by atoms with Crippen molar-refractivity contribution >= 4 is 28.6 Å². The molecule has 0 spiro atoms. The fourth-order valence-electron chi connectivity index (χ4n) is 1.26. The molecule has 2 aromatic rings. The second-order valence-corrected chi connectivity index (χ2v) is 3.92. The van der Waals surface area contributed by atoms with Gasteiger partial charge >= 0.3 is 5.97 Å². The van der Waals surface area contributed by atoms with E-state index in [-0.39, 0.29) is 5.75 Å². The molecule has 1 aromatic carbocycles. The van der Waals surface area contributed by atoms with Crippen LogP contribution in [-0.2, 0) is 4.79 Å². The van der Waals surface area contributed by atoms with Gasteiger partial charge in [0.2, 0.25) is 0 Å². The maximum absolute atomic E-state index is 10.4. The molecule has 4 heteroatoms. The molecule has 0 aliphatic heterocycles. The van der Waals surface area contributed by atoms with Crippen LogP contribution >= 0.6 is 11.8 Å². The van der Waals surface area contributed by atoms with E-state index in [1.807, 2.05) is 30.3 Å². The Bertz CT molecular complexity index is 431. The summed E-state index contributed by atoms with van der Waals surface area (Å²) < 4.78 is 0. The number of aromatic amines is 1. The summed E-state index contributed by atoms with van der Waals surface area (Å²) in [4.78, 5) is 13.5. The molecule has 0 bridgehead atoms. The molecule has 1 aromatic heterocycles. The van der Waals surface area contributed by atoms with E-state index in [1.165, 1.54) is 11.8 Å². The van der Waals surface area contributed by atoms with E-state index in [9.17, 15) is 4.79 Å². The van der Waals surface area contributed by atoms with E-state index in [1.54, 1.807) is 0 Å². The van der Waals surface area contributed by atoms with E-state index < -0.39 is 5.97 Å². The van der Waals surface area contributed by atoms with Crippen LogP contribution in [0.2, 0.25) is 0 Å². The molecule has 0 saturated carbocycles. The number of hydrogen-bond acceptors (Lipinski definition) is 2. The molecule has 72 valence electrons. The fourth-order valence-corrected chi connectivity index (χ4v) is 1.94. The van der Waals surface area contributed by atoms with Crippen molar-refractivity contribution in [1.29, 1.82) is 0 Å². The smallest absolute Gasteiger partial charge is 0.313 e. The Kier molecular flexibility index (Phi) is 2.45. The van der Waals surface area contributed by atoms with Gasteiger partial charge in [0.15, 0.2) is 0 Å². The Labute approximate surface area is 85.1 Å². The van der Waals surface area contributed by atoms with Crippen LogP contribution in [0.4, 0.5) is 0 Å². The molecule has 2 N–H and O–H groups in total. The minimum absolute atomic E-state index is 0.0901. The number of carboxylic acids is 1. The third kappa shape index (κ3) is 1.90. The number of carbonyl (C=O) groups is 1. The van der Waals surface area contributed by atoms with Gasteiger partial charge in [-0.3, -0.25) is 4.79 Å². The lowest BCUT2D eigenvalue weighted by molar-refractivity contribution is -0.133. The zero-order valence-corrected chi connectivity index (χ0v) is 8.17. The third-order valence-corrected chi connectivity index (χ3v) is 2.78. The molecule has 0 unspecified atom stereocenters. The Morgan fingerprint density at radius 3 is 2.93 bits per heavy atom. The number of carboxylic acid groups (broad SMARTS) is 1. The highest BCUT2D eigenvalue weighted by molar-refractivity contribution is 7.99. The topological polar surface area (TPSA) is 53.1 Å². The molecule has 0 fully saturated rings. The number of thioether (sulfide) groups is 1. The van der Waals surface area contributed by atoms with Crippen LogP contribution in [0.3, 0.4) is 0 Å². The van der Waals surface area contributed by atoms with Crippen LogP contribution in [0.1, 0.15) is 0 Å². The van der Waals surface area contributed by atoms with Crippen molar-refractivity contribution in [2.75, 3.05) is 5.75 Å². The Morgan fingerprint density at radius 2 is 2.21 bits per heavy atom. The van der Waals surface area contributed by atoms with Gasteiger partial charge in [0.25, 0.3) is 0 Å². The molecule has 1 heterocycles. The van der Waals surface area contributed by atoms with Crippen LogP contribution in [-0.4, -0.2) is 21.8 Å². The highest BCUT2D eigenvalue weighted by Crippen LogP contribution is 2.22. The third-order valence-electron chi connectivity index (χ3n) is 1.86. The van der Waals surface area contributed by atoms with Gasteiger partial charge in [-0.05, 0) is 12.1 Å². The first kappa shape index (κ1) is 9.15. The first-order valence-electron chi connectivity index (χ1n) is 4.18. The first-order chi connectivity index (χ1) is 6.75. The van der Waals surface area contributed by atoms with Gasteiger partial charge in [-0.25, -0.2) is 0 Å². The van der Waals surface area contributed by atoms with Gasteiger partial charge in [0.1, 0.15) is 0 Å². The van der Waals surface area contributed by atoms with E-state index in [2.05, 4.69) is 4.98 Å². The molecular weight excluding hydrogens is 198 g/mol. The number of nitrogens with one attached hydrogen (secondary N) is 1. The standard InChI is InChI=1S/C10H9NO2S/c12-10(13)6-14-9-5-7-3-1-2-4-8(7)11-9/h1-5,11H,6H2,(H,12,13). The Morgan fingerprint density at radius 1 is 1.43 bits per heavy atom. The molecule has 14 heavy (non-hydrogen) atoms. The van der Waals surface area contributed by atoms with E-state index in [0.29, 0.717) is 0 Å². The van der Waals surface area contributed by atoms with Crippen LogP contribution in [0, 0.1) is 0 Å². The maximum Gasteiger partial charge on any atom is 0.313 e. The van der Waals surface area contributed by atoms with Crippen molar-refractivity contribution in [1.82, 2.24) is 4.98 Å². The molecule has 0 atom stereocenters. The number of aromatic nitrogens is 1. The zero-order chi connectivity index (χ0) is 9.97. The molecule has 0 amide bonds. The lowest BCUT2D eigenvalue weighted by Gasteiger charge is -1.91. The number of hydrogen-bond donors (Lipinski definition) is 2. The minimum atomic E-state index is -0.798. The number of para-hydroxylation sites is 1. The van der Waals surface area contributed by atoms with Crippen molar-refractivity contribution in [3.8, 4) is 0 Å². The number of rotatable bonds is 3. The van der Waals surface area contributed by atoms with Crippen molar-refractivity contribution in [2.45, 2.75) is 5.03 Å². The normalized spacial score (nSPS) is 10.6. The Hall–Kier alpha value is -1.42. The summed E-state index contributed by atoms with van der Waals surface area (Å²) in [6, 6.07) is 9.84. The molecule has 2 rings (SSSR count). The van der Waals surface area contributed by atoms with Gasteiger partial charge in [0.05, 0.1) is 10.8 Å². The van der Waals surface area contributed by atoms with Crippen LogP contribution in [0.5, 0.6) is 0 Å². The molecule has 0 aliphatic rings. The summed E-state index contributed by atoms with van der Waals surface area (Å²) >= 11 is 1.30. The predicted molar refractivity (Wildman–Crippen MR) is 56.7 cm³/mol. The SMILES string of the molecule is O=C(O)CSc1cc2ccccc2[nH]1. The van der Waals surface area contributed by atoms with Crippen LogP contribution in [0.25, 0.3) is 10.9 Å². The van der Waals surface area contributed by atoms with Gasteiger partial charge in [-0.1, -0.05) is 30.0 Å². The Balaban J connectivity index is 2.22. The van der Waals surface area contributed by atoms with Crippen LogP contribution in [0.15, 0.2) is 35.4 Å². The second-order valence-electron chi connectivity index (χ2n) is 2.90. The van der Waals surface area contributed by atoms with Gasteiger partial charge in [0, 0.05) is 10.9 Å². The fraction of sp³-hybridized carbons (Fsp3) is 0.100. The van der Waals surface area contributed by atoms with E-state index in [0.717, 1.165) is 15.9 Å². The van der Waals surface area contributed by atoms with Crippen LogP contribution < -0.4 is 0 Å². The summed E-state index contributed by atoms with van der Waals surface area (Å²) in [7, 11) is 0.